The van der Waals surface area contributed by atoms with Crippen molar-refractivity contribution in [1.29, 1.82) is 0 Å². The van der Waals surface area contributed by atoms with Crippen LogP contribution in [-0.4, -0.2) is 50.9 Å². The van der Waals surface area contributed by atoms with Gasteiger partial charge in [0.05, 0.1) is 23.9 Å². The molecular weight excluding hydrogens is 361 g/mol. The second-order valence-electron chi connectivity index (χ2n) is 6.01. The highest BCUT2D eigenvalue weighted by Gasteiger charge is 2.16. The topological polar surface area (TPSA) is 71.2 Å². The summed E-state index contributed by atoms with van der Waals surface area (Å²) < 4.78 is 40.8. The molecule has 0 fully saturated rings. The SMILES string of the molecule is CN(CCO)C(=O)Cn1ncc2ncc(-c3ccc(F)c(C(F)F)c3)cc21. The molecule has 2 aromatic heterocycles. The summed E-state index contributed by atoms with van der Waals surface area (Å²) >= 11 is 0. The average molecular weight is 378 g/mol. The van der Waals surface area contributed by atoms with E-state index in [2.05, 4.69) is 10.1 Å². The number of aliphatic hydroxyl groups is 1. The molecule has 9 heteroatoms. The van der Waals surface area contributed by atoms with Crippen molar-refractivity contribution in [2.75, 3.05) is 20.2 Å². The van der Waals surface area contributed by atoms with Crippen LogP contribution in [0.1, 0.15) is 12.0 Å². The Labute approximate surface area is 152 Å². The number of rotatable bonds is 6. The molecule has 0 saturated carbocycles. The van der Waals surface area contributed by atoms with Gasteiger partial charge in [-0.05, 0) is 23.8 Å². The van der Waals surface area contributed by atoms with Crippen LogP contribution in [0.5, 0.6) is 0 Å². The molecule has 6 nitrogen and oxygen atoms in total. The fourth-order valence-electron chi connectivity index (χ4n) is 2.65. The molecule has 0 spiro atoms. The van der Waals surface area contributed by atoms with Gasteiger partial charge in [-0.15, -0.1) is 0 Å². The Balaban J connectivity index is 1.96. The molecule has 0 unspecified atom stereocenters. The molecule has 0 aliphatic heterocycles. The minimum absolute atomic E-state index is 0.0587. The molecule has 3 rings (SSSR count). The molecule has 0 atom stereocenters. The Bertz CT molecular complexity index is 974. The van der Waals surface area contributed by atoms with Crippen molar-refractivity contribution in [3.8, 4) is 11.1 Å². The second-order valence-corrected chi connectivity index (χ2v) is 6.01. The van der Waals surface area contributed by atoms with Gasteiger partial charge >= 0.3 is 0 Å². The van der Waals surface area contributed by atoms with E-state index in [9.17, 15) is 18.0 Å². The molecule has 0 saturated heterocycles. The number of fused-ring (bicyclic) bond motifs is 1. The fourth-order valence-corrected chi connectivity index (χ4v) is 2.65. The summed E-state index contributed by atoms with van der Waals surface area (Å²) in [6.07, 6.45) is 0.0522. The Kier molecular flexibility index (Phi) is 5.41. The van der Waals surface area contributed by atoms with Gasteiger partial charge in [0.2, 0.25) is 5.91 Å². The monoisotopic (exact) mass is 378 g/mol. The largest absolute Gasteiger partial charge is 0.395 e. The van der Waals surface area contributed by atoms with E-state index >= 15 is 0 Å². The van der Waals surface area contributed by atoms with Crippen molar-refractivity contribution in [3.05, 3.63) is 48.0 Å². The summed E-state index contributed by atoms with van der Waals surface area (Å²) in [5, 5.41) is 13.1. The van der Waals surface area contributed by atoms with Crippen LogP contribution in [0.15, 0.2) is 36.7 Å². The van der Waals surface area contributed by atoms with Gasteiger partial charge in [-0.1, -0.05) is 6.07 Å². The first-order chi connectivity index (χ1) is 12.9. The summed E-state index contributed by atoms with van der Waals surface area (Å²) in [6.45, 7) is -0.00477. The zero-order chi connectivity index (χ0) is 19.6. The van der Waals surface area contributed by atoms with Crippen LogP contribution in [0.2, 0.25) is 0 Å². The normalized spacial score (nSPS) is 11.3. The molecule has 1 N–H and O–H groups in total. The van der Waals surface area contributed by atoms with Gasteiger partial charge in [0, 0.05) is 25.4 Å². The van der Waals surface area contributed by atoms with Crippen molar-refractivity contribution >= 4 is 16.9 Å². The summed E-state index contributed by atoms with van der Waals surface area (Å²) in [4.78, 5) is 17.8. The Morgan fingerprint density at radius 2 is 2.04 bits per heavy atom. The zero-order valence-corrected chi connectivity index (χ0v) is 14.4. The number of nitrogens with zero attached hydrogens (tertiary/aromatic N) is 4. The maximum atomic E-state index is 13.5. The van der Waals surface area contributed by atoms with Gasteiger partial charge < -0.3 is 10.0 Å². The Morgan fingerprint density at radius 1 is 1.26 bits per heavy atom. The lowest BCUT2D eigenvalue weighted by molar-refractivity contribution is -0.131. The Morgan fingerprint density at radius 3 is 2.74 bits per heavy atom. The number of carbonyl (C=O) groups is 1. The third-order valence-corrected chi connectivity index (χ3v) is 4.21. The standard InChI is InChI=1S/C18H17F3N4O2/c1-24(4-5-26)17(27)10-25-16-7-12(8-22-15(16)9-23-25)11-2-3-14(19)13(6-11)18(20)21/h2-3,6-9,18,26H,4-5,10H2,1H3. The van der Waals surface area contributed by atoms with Crippen LogP contribution in [0.4, 0.5) is 13.2 Å². The predicted octanol–water partition coefficient (Wildman–Crippen LogP) is 2.63. The highest BCUT2D eigenvalue weighted by molar-refractivity contribution is 5.83. The van der Waals surface area contributed by atoms with Gasteiger partial charge in [0.1, 0.15) is 17.9 Å². The quantitative estimate of drug-likeness (QED) is 0.716. The molecule has 0 aliphatic carbocycles. The third kappa shape index (κ3) is 3.92. The first-order valence-corrected chi connectivity index (χ1v) is 8.15. The number of aliphatic hydroxyl groups excluding tert-OH is 1. The van der Waals surface area contributed by atoms with Crippen molar-refractivity contribution in [3.63, 3.8) is 0 Å². The van der Waals surface area contributed by atoms with E-state index in [0.29, 0.717) is 22.2 Å². The van der Waals surface area contributed by atoms with Gasteiger partial charge in [0.25, 0.3) is 6.43 Å². The van der Waals surface area contributed by atoms with Crippen LogP contribution in [0, 0.1) is 5.82 Å². The van der Waals surface area contributed by atoms with Crippen LogP contribution in [-0.2, 0) is 11.3 Å². The first kappa shape index (κ1) is 18.8. The molecule has 0 bridgehead atoms. The summed E-state index contributed by atoms with van der Waals surface area (Å²) in [6, 6.07) is 5.14. The van der Waals surface area contributed by atoms with Crippen molar-refractivity contribution in [2.45, 2.75) is 13.0 Å². The van der Waals surface area contributed by atoms with E-state index in [1.54, 1.807) is 13.1 Å². The lowest BCUT2D eigenvalue weighted by atomic mass is 10.0. The Hall–Kier alpha value is -2.94. The van der Waals surface area contributed by atoms with Crippen LogP contribution >= 0.6 is 0 Å². The number of aromatic nitrogens is 3. The molecule has 142 valence electrons. The van der Waals surface area contributed by atoms with E-state index in [-0.39, 0.29) is 25.6 Å². The molecule has 0 aliphatic rings. The average Bonchev–Trinajstić information content (AvgIpc) is 3.04. The number of carbonyl (C=O) groups excluding carboxylic acids is 1. The number of alkyl halides is 2. The van der Waals surface area contributed by atoms with Gasteiger partial charge in [-0.25, -0.2) is 13.2 Å². The van der Waals surface area contributed by atoms with Crippen molar-refractivity contribution < 1.29 is 23.1 Å². The van der Waals surface area contributed by atoms with E-state index < -0.39 is 17.8 Å². The molecular formula is C18H17F3N4O2. The van der Waals surface area contributed by atoms with E-state index in [0.717, 1.165) is 12.1 Å². The van der Waals surface area contributed by atoms with Gasteiger partial charge in [-0.2, -0.15) is 5.10 Å². The van der Waals surface area contributed by atoms with Gasteiger partial charge in [-0.3, -0.25) is 14.5 Å². The van der Waals surface area contributed by atoms with Crippen molar-refractivity contribution in [2.24, 2.45) is 0 Å². The second kappa shape index (κ2) is 7.75. The van der Waals surface area contributed by atoms with E-state index in [4.69, 9.17) is 5.11 Å². The fraction of sp³-hybridized carbons (Fsp3) is 0.278. The number of hydrogen-bond donors (Lipinski definition) is 1. The number of halogens is 3. The summed E-state index contributed by atoms with van der Waals surface area (Å²) in [7, 11) is 1.57. The van der Waals surface area contributed by atoms with Crippen LogP contribution in [0.25, 0.3) is 22.2 Å². The van der Waals surface area contributed by atoms with Gasteiger partial charge in [0.15, 0.2) is 0 Å². The lowest BCUT2D eigenvalue weighted by Crippen LogP contribution is -2.32. The maximum absolute atomic E-state index is 13.5. The number of hydrogen-bond acceptors (Lipinski definition) is 4. The smallest absolute Gasteiger partial charge is 0.266 e. The minimum atomic E-state index is -2.92. The van der Waals surface area contributed by atoms with E-state index in [1.807, 2.05) is 0 Å². The number of amides is 1. The summed E-state index contributed by atoms with van der Waals surface area (Å²) in [5.74, 6) is -1.22. The zero-order valence-electron chi connectivity index (χ0n) is 14.4. The molecule has 2 heterocycles. The maximum Gasteiger partial charge on any atom is 0.266 e. The van der Waals surface area contributed by atoms with E-state index in [1.165, 1.54) is 28.0 Å². The third-order valence-electron chi connectivity index (χ3n) is 4.21. The summed E-state index contributed by atoms with van der Waals surface area (Å²) in [5.41, 5.74) is 1.29. The number of pyridine rings is 1. The van der Waals surface area contributed by atoms with Crippen molar-refractivity contribution in [1.82, 2.24) is 19.7 Å². The van der Waals surface area contributed by atoms with Crippen LogP contribution < -0.4 is 0 Å². The highest BCUT2D eigenvalue weighted by atomic mass is 19.3. The lowest BCUT2D eigenvalue weighted by Gasteiger charge is -2.15. The molecule has 0 radical (unpaired) electrons. The minimum Gasteiger partial charge on any atom is -0.395 e. The molecule has 1 amide bonds. The molecule has 1 aromatic carbocycles. The molecule has 27 heavy (non-hydrogen) atoms. The highest BCUT2D eigenvalue weighted by Crippen LogP contribution is 2.29. The predicted molar refractivity (Wildman–Crippen MR) is 92.6 cm³/mol. The number of likely N-dealkylation sites (N-methyl/N-ethyl adjacent to an activating group) is 1. The number of benzene rings is 1. The first-order valence-electron chi connectivity index (χ1n) is 8.15. The van der Waals surface area contributed by atoms with Crippen LogP contribution in [0.3, 0.4) is 0 Å². The molecule has 3 aromatic rings.